The van der Waals surface area contributed by atoms with E-state index in [2.05, 4.69) is 0 Å². The summed E-state index contributed by atoms with van der Waals surface area (Å²) in [5.74, 6) is -1.46. The zero-order chi connectivity index (χ0) is 12.4. The fraction of sp³-hybridized carbons (Fsp3) is 0.154. The molecule has 0 spiro atoms. The summed E-state index contributed by atoms with van der Waals surface area (Å²) in [4.78, 5) is 12.0. The van der Waals surface area contributed by atoms with Crippen LogP contribution in [0.15, 0.2) is 34.9 Å². The molecule has 0 aliphatic rings. The Balaban J connectivity index is 2.43. The van der Waals surface area contributed by atoms with E-state index in [1.807, 2.05) is 6.92 Å². The fourth-order valence-corrected chi connectivity index (χ4v) is 1.66. The summed E-state index contributed by atoms with van der Waals surface area (Å²) in [7, 11) is 0. The van der Waals surface area contributed by atoms with Gasteiger partial charge in [-0.1, -0.05) is 6.92 Å². The number of carbonyl (C=O) groups excluding carboxylic acids is 1. The summed E-state index contributed by atoms with van der Waals surface area (Å²) >= 11 is 0. The van der Waals surface area contributed by atoms with Gasteiger partial charge in [0.05, 0.1) is 11.8 Å². The third-order valence-electron chi connectivity index (χ3n) is 2.44. The lowest BCUT2D eigenvalue weighted by molar-refractivity contribution is 0.103. The second kappa shape index (κ2) is 4.49. The van der Waals surface area contributed by atoms with Gasteiger partial charge in [0.2, 0.25) is 0 Å². The van der Waals surface area contributed by atoms with Crippen molar-refractivity contribution in [3.63, 3.8) is 0 Å². The number of ketones is 1. The molecule has 4 heteroatoms. The van der Waals surface area contributed by atoms with Crippen LogP contribution in [-0.4, -0.2) is 5.78 Å². The lowest BCUT2D eigenvalue weighted by atomic mass is 10.0. The van der Waals surface area contributed by atoms with Crippen molar-refractivity contribution in [3.8, 4) is 0 Å². The maximum atomic E-state index is 13.0. The zero-order valence-corrected chi connectivity index (χ0v) is 9.17. The summed E-state index contributed by atoms with van der Waals surface area (Å²) in [5, 5.41) is 0. The number of furan rings is 1. The number of halogens is 2. The van der Waals surface area contributed by atoms with Crippen LogP contribution in [0, 0.1) is 11.6 Å². The fourth-order valence-electron chi connectivity index (χ4n) is 1.66. The van der Waals surface area contributed by atoms with Crippen LogP contribution in [0.1, 0.15) is 28.6 Å². The molecule has 1 aromatic carbocycles. The SMILES string of the molecule is CCc1occc1C(=O)c1cc(F)cc(F)c1. The predicted octanol–water partition coefficient (Wildman–Crippen LogP) is 3.35. The molecule has 0 N–H and O–H groups in total. The highest BCUT2D eigenvalue weighted by Gasteiger charge is 2.16. The van der Waals surface area contributed by atoms with Crippen molar-refractivity contribution in [1.82, 2.24) is 0 Å². The monoisotopic (exact) mass is 236 g/mol. The van der Waals surface area contributed by atoms with Gasteiger partial charge in [0.25, 0.3) is 0 Å². The summed E-state index contributed by atoms with van der Waals surface area (Å²) in [5.41, 5.74) is 0.330. The Bertz CT molecular complexity index is 538. The summed E-state index contributed by atoms with van der Waals surface area (Å²) in [6, 6.07) is 4.26. The van der Waals surface area contributed by atoms with Gasteiger partial charge >= 0.3 is 0 Å². The molecule has 88 valence electrons. The van der Waals surface area contributed by atoms with E-state index in [-0.39, 0.29) is 5.56 Å². The predicted molar refractivity (Wildman–Crippen MR) is 57.9 cm³/mol. The van der Waals surface area contributed by atoms with Crippen molar-refractivity contribution in [3.05, 3.63) is 59.1 Å². The van der Waals surface area contributed by atoms with E-state index in [9.17, 15) is 13.6 Å². The van der Waals surface area contributed by atoms with Crippen LogP contribution >= 0.6 is 0 Å². The van der Waals surface area contributed by atoms with Gasteiger partial charge in [-0.15, -0.1) is 0 Å². The Hall–Kier alpha value is -1.97. The minimum absolute atomic E-state index is 0.0152. The molecule has 0 saturated heterocycles. The number of benzene rings is 1. The Labute approximate surface area is 96.9 Å². The lowest BCUT2D eigenvalue weighted by Gasteiger charge is -2.01. The quantitative estimate of drug-likeness (QED) is 0.765. The number of rotatable bonds is 3. The molecule has 1 aromatic heterocycles. The van der Waals surface area contributed by atoms with Gasteiger partial charge in [-0.3, -0.25) is 4.79 Å². The van der Waals surface area contributed by atoms with E-state index in [0.717, 1.165) is 18.2 Å². The third-order valence-corrected chi connectivity index (χ3v) is 2.44. The lowest BCUT2D eigenvalue weighted by Crippen LogP contribution is -2.04. The summed E-state index contributed by atoms with van der Waals surface area (Å²) in [6.07, 6.45) is 1.94. The van der Waals surface area contributed by atoms with Gasteiger partial charge in [-0.25, -0.2) is 8.78 Å². The average Bonchev–Trinajstić information content (AvgIpc) is 2.74. The third kappa shape index (κ3) is 2.25. The van der Waals surface area contributed by atoms with Crippen LogP contribution < -0.4 is 0 Å². The van der Waals surface area contributed by atoms with Crippen LogP contribution in [0.2, 0.25) is 0 Å². The minimum atomic E-state index is -0.769. The molecule has 0 amide bonds. The molecule has 2 rings (SSSR count). The van der Waals surface area contributed by atoms with E-state index in [1.165, 1.54) is 12.3 Å². The Kier molecular flexibility index (Phi) is 3.04. The van der Waals surface area contributed by atoms with Gasteiger partial charge in [-0.2, -0.15) is 0 Å². The first-order valence-electron chi connectivity index (χ1n) is 5.19. The van der Waals surface area contributed by atoms with Crippen LogP contribution in [0.4, 0.5) is 8.78 Å². The molecular formula is C13H10F2O2. The van der Waals surface area contributed by atoms with Crippen molar-refractivity contribution >= 4 is 5.78 Å². The zero-order valence-electron chi connectivity index (χ0n) is 9.17. The first kappa shape index (κ1) is 11.5. The maximum Gasteiger partial charge on any atom is 0.196 e. The van der Waals surface area contributed by atoms with Crippen molar-refractivity contribution in [1.29, 1.82) is 0 Å². The molecular weight excluding hydrogens is 226 g/mol. The highest BCUT2D eigenvalue weighted by Crippen LogP contribution is 2.18. The Morgan fingerprint density at radius 3 is 2.47 bits per heavy atom. The van der Waals surface area contributed by atoms with E-state index < -0.39 is 17.4 Å². The van der Waals surface area contributed by atoms with E-state index >= 15 is 0 Å². The van der Waals surface area contributed by atoms with Gasteiger partial charge < -0.3 is 4.42 Å². The van der Waals surface area contributed by atoms with E-state index in [4.69, 9.17) is 4.42 Å². The molecule has 2 aromatic rings. The van der Waals surface area contributed by atoms with Gasteiger partial charge in [-0.05, 0) is 18.2 Å². The van der Waals surface area contributed by atoms with E-state index in [1.54, 1.807) is 0 Å². The van der Waals surface area contributed by atoms with Gasteiger partial charge in [0.15, 0.2) is 5.78 Å². The molecule has 0 atom stereocenters. The van der Waals surface area contributed by atoms with Crippen molar-refractivity contribution in [2.75, 3.05) is 0 Å². The smallest absolute Gasteiger partial charge is 0.196 e. The van der Waals surface area contributed by atoms with Crippen molar-refractivity contribution in [2.45, 2.75) is 13.3 Å². The highest BCUT2D eigenvalue weighted by atomic mass is 19.1. The average molecular weight is 236 g/mol. The molecule has 0 saturated carbocycles. The van der Waals surface area contributed by atoms with Crippen LogP contribution in [0.3, 0.4) is 0 Å². The first-order chi connectivity index (χ1) is 8.11. The maximum absolute atomic E-state index is 13.0. The molecule has 0 aliphatic carbocycles. The summed E-state index contributed by atoms with van der Waals surface area (Å²) in [6.45, 7) is 1.84. The highest BCUT2D eigenvalue weighted by molar-refractivity contribution is 6.09. The number of carbonyl (C=O) groups is 1. The van der Waals surface area contributed by atoms with Gasteiger partial charge in [0, 0.05) is 18.1 Å². The Morgan fingerprint density at radius 2 is 1.88 bits per heavy atom. The topological polar surface area (TPSA) is 30.2 Å². The van der Waals surface area contributed by atoms with Crippen molar-refractivity contribution in [2.24, 2.45) is 0 Å². The minimum Gasteiger partial charge on any atom is -0.469 e. The molecule has 2 nitrogen and oxygen atoms in total. The largest absolute Gasteiger partial charge is 0.469 e. The normalized spacial score (nSPS) is 10.5. The van der Waals surface area contributed by atoms with Crippen LogP contribution in [0.25, 0.3) is 0 Å². The number of hydrogen-bond donors (Lipinski definition) is 0. The molecule has 0 unspecified atom stereocenters. The van der Waals surface area contributed by atoms with Crippen LogP contribution in [-0.2, 0) is 6.42 Å². The summed E-state index contributed by atoms with van der Waals surface area (Å²) < 4.78 is 31.1. The molecule has 0 fully saturated rings. The van der Waals surface area contributed by atoms with Crippen molar-refractivity contribution < 1.29 is 18.0 Å². The van der Waals surface area contributed by atoms with E-state index in [0.29, 0.717) is 17.7 Å². The van der Waals surface area contributed by atoms with Crippen LogP contribution in [0.5, 0.6) is 0 Å². The molecule has 0 radical (unpaired) electrons. The first-order valence-corrected chi connectivity index (χ1v) is 5.19. The van der Waals surface area contributed by atoms with Gasteiger partial charge in [0.1, 0.15) is 17.4 Å². The molecule has 17 heavy (non-hydrogen) atoms. The standard InChI is InChI=1S/C13H10F2O2/c1-2-12-11(3-4-17-12)13(16)8-5-9(14)7-10(15)6-8/h3-7H,2H2,1H3. The Morgan fingerprint density at radius 1 is 1.24 bits per heavy atom. The molecule has 1 heterocycles. The number of hydrogen-bond acceptors (Lipinski definition) is 2. The number of aryl methyl sites for hydroxylation is 1. The second-order valence-corrected chi connectivity index (χ2v) is 3.60. The molecule has 0 bridgehead atoms. The second-order valence-electron chi connectivity index (χ2n) is 3.60. The molecule has 0 aliphatic heterocycles.